The highest BCUT2D eigenvalue weighted by Gasteiger charge is 2.11. The lowest BCUT2D eigenvalue weighted by Gasteiger charge is -2.14. The van der Waals surface area contributed by atoms with Gasteiger partial charge in [0.2, 0.25) is 0 Å². The van der Waals surface area contributed by atoms with Gasteiger partial charge in [0, 0.05) is 11.5 Å². The largest absolute Gasteiger partial charge is 0.487 e. The first-order chi connectivity index (χ1) is 11.3. The SMILES string of the molecule is ClCOCCOc1cc2ncnc(Cl)c2cc1OCCOCCl. The van der Waals surface area contributed by atoms with Crippen molar-refractivity contribution < 1.29 is 18.9 Å². The normalized spacial score (nSPS) is 10.9. The monoisotopic (exact) mass is 380 g/mol. The third-order valence-corrected chi connectivity index (χ3v) is 3.39. The highest BCUT2D eigenvalue weighted by Crippen LogP contribution is 2.34. The number of hydrogen-bond donors (Lipinski definition) is 0. The average Bonchev–Trinajstić information content (AvgIpc) is 2.56. The van der Waals surface area contributed by atoms with E-state index in [1.54, 1.807) is 12.1 Å². The third-order valence-electron chi connectivity index (χ3n) is 2.78. The van der Waals surface area contributed by atoms with Crippen molar-refractivity contribution in [3.05, 3.63) is 23.6 Å². The van der Waals surface area contributed by atoms with Crippen molar-refractivity contribution in [1.82, 2.24) is 9.97 Å². The lowest BCUT2D eigenvalue weighted by atomic mass is 10.2. The van der Waals surface area contributed by atoms with E-state index in [2.05, 4.69) is 9.97 Å². The molecule has 6 nitrogen and oxygen atoms in total. The van der Waals surface area contributed by atoms with Crippen LogP contribution in [0.25, 0.3) is 10.9 Å². The molecule has 1 aromatic carbocycles. The lowest BCUT2D eigenvalue weighted by Crippen LogP contribution is -2.09. The Morgan fingerprint density at radius 3 is 2.04 bits per heavy atom. The van der Waals surface area contributed by atoms with Gasteiger partial charge in [-0.3, -0.25) is 0 Å². The van der Waals surface area contributed by atoms with E-state index in [4.69, 9.17) is 53.8 Å². The predicted molar refractivity (Wildman–Crippen MR) is 88.9 cm³/mol. The lowest BCUT2D eigenvalue weighted by molar-refractivity contribution is 0.120. The molecule has 0 spiro atoms. The summed E-state index contributed by atoms with van der Waals surface area (Å²) in [6.07, 6.45) is 1.39. The smallest absolute Gasteiger partial charge is 0.163 e. The molecule has 0 aliphatic rings. The van der Waals surface area contributed by atoms with Crippen LogP contribution < -0.4 is 9.47 Å². The van der Waals surface area contributed by atoms with Gasteiger partial charge in [-0.2, -0.15) is 0 Å². The van der Waals surface area contributed by atoms with Gasteiger partial charge in [0.1, 0.15) is 36.8 Å². The molecule has 9 heteroatoms. The molecule has 126 valence electrons. The zero-order valence-corrected chi connectivity index (χ0v) is 14.4. The van der Waals surface area contributed by atoms with Crippen LogP contribution in [0.2, 0.25) is 5.15 Å². The first kappa shape index (κ1) is 18.3. The van der Waals surface area contributed by atoms with Crippen molar-refractivity contribution in [2.75, 3.05) is 38.6 Å². The number of benzene rings is 1. The molecule has 1 aromatic heterocycles. The molecule has 0 saturated carbocycles. The molecule has 0 N–H and O–H groups in total. The summed E-state index contributed by atoms with van der Waals surface area (Å²) in [7, 11) is 0. The number of aromatic nitrogens is 2. The Hall–Kier alpha value is -1.05. The highest BCUT2D eigenvalue weighted by atomic mass is 35.5. The Bertz CT molecular complexity index is 630. The Morgan fingerprint density at radius 1 is 0.826 bits per heavy atom. The topological polar surface area (TPSA) is 62.7 Å². The summed E-state index contributed by atoms with van der Waals surface area (Å²) < 4.78 is 21.4. The second-order valence-corrected chi connectivity index (χ2v) is 5.01. The van der Waals surface area contributed by atoms with Gasteiger partial charge in [-0.15, -0.1) is 0 Å². The van der Waals surface area contributed by atoms with Crippen molar-refractivity contribution in [3.8, 4) is 11.5 Å². The molecule has 1 heterocycles. The molecule has 0 bridgehead atoms. The molecule has 2 rings (SSSR count). The van der Waals surface area contributed by atoms with Crippen LogP contribution in [0.4, 0.5) is 0 Å². The summed E-state index contributed by atoms with van der Waals surface area (Å²) >= 11 is 17.0. The number of hydrogen-bond acceptors (Lipinski definition) is 6. The van der Waals surface area contributed by atoms with E-state index in [1.807, 2.05) is 0 Å². The van der Waals surface area contributed by atoms with Crippen LogP contribution in [0.5, 0.6) is 11.5 Å². The summed E-state index contributed by atoms with van der Waals surface area (Å²) in [5.41, 5.74) is 0.655. The minimum atomic E-state index is 0.111. The standard InChI is InChI=1S/C14H15Cl3N2O4/c15-7-20-1-3-22-12-5-10-11(18-9-19-14(10)17)6-13(12)23-4-2-21-8-16/h5-6,9H,1-4,7-8H2. The Morgan fingerprint density at radius 2 is 1.43 bits per heavy atom. The van der Waals surface area contributed by atoms with Crippen LogP contribution in [0.3, 0.4) is 0 Å². The van der Waals surface area contributed by atoms with Gasteiger partial charge in [0.15, 0.2) is 11.5 Å². The molecule has 0 saturated heterocycles. The second kappa shape index (κ2) is 9.95. The van der Waals surface area contributed by atoms with E-state index in [-0.39, 0.29) is 12.1 Å². The zero-order valence-electron chi connectivity index (χ0n) is 12.1. The third kappa shape index (κ3) is 5.51. The molecular weight excluding hydrogens is 367 g/mol. The Kier molecular flexibility index (Phi) is 7.91. The van der Waals surface area contributed by atoms with Gasteiger partial charge in [-0.1, -0.05) is 34.8 Å². The molecule has 0 unspecified atom stereocenters. The van der Waals surface area contributed by atoms with E-state index in [0.717, 1.165) is 0 Å². The van der Waals surface area contributed by atoms with Crippen molar-refractivity contribution in [2.45, 2.75) is 0 Å². The minimum Gasteiger partial charge on any atom is -0.487 e. The highest BCUT2D eigenvalue weighted by molar-refractivity contribution is 6.34. The fourth-order valence-electron chi connectivity index (χ4n) is 1.79. The maximum atomic E-state index is 6.09. The summed E-state index contributed by atoms with van der Waals surface area (Å²) in [6, 6.07) is 3.69. The van der Waals surface area contributed by atoms with Crippen LogP contribution >= 0.6 is 34.8 Å². The maximum absolute atomic E-state index is 6.09. The van der Waals surface area contributed by atoms with E-state index >= 15 is 0 Å². The van der Waals surface area contributed by atoms with Gasteiger partial charge in [-0.25, -0.2) is 9.97 Å². The first-order valence-electron chi connectivity index (χ1n) is 6.73. The van der Waals surface area contributed by atoms with Gasteiger partial charge >= 0.3 is 0 Å². The van der Waals surface area contributed by atoms with Crippen molar-refractivity contribution in [1.29, 1.82) is 0 Å². The van der Waals surface area contributed by atoms with Gasteiger partial charge in [0.05, 0.1) is 18.7 Å². The van der Waals surface area contributed by atoms with Crippen molar-refractivity contribution in [3.63, 3.8) is 0 Å². The van der Waals surface area contributed by atoms with Crippen LogP contribution in [0, 0.1) is 0 Å². The summed E-state index contributed by atoms with van der Waals surface area (Å²) in [5, 5.41) is 1.01. The predicted octanol–water partition coefficient (Wildman–Crippen LogP) is 3.47. The van der Waals surface area contributed by atoms with Crippen LogP contribution in [0.1, 0.15) is 0 Å². The molecule has 0 fully saturated rings. The number of ether oxygens (including phenoxy) is 4. The maximum Gasteiger partial charge on any atom is 0.163 e. The quantitative estimate of drug-likeness (QED) is 0.357. The van der Waals surface area contributed by atoms with Gasteiger partial charge in [0.25, 0.3) is 0 Å². The first-order valence-corrected chi connectivity index (χ1v) is 8.18. The number of nitrogens with zero attached hydrogens (tertiary/aromatic N) is 2. The molecule has 0 atom stereocenters. The number of rotatable bonds is 10. The van der Waals surface area contributed by atoms with Crippen LogP contribution in [-0.2, 0) is 9.47 Å². The molecule has 0 aliphatic carbocycles. The number of halogens is 3. The van der Waals surface area contributed by atoms with E-state index in [9.17, 15) is 0 Å². The van der Waals surface area contributed by atoms with Gasteiger partial charge < -0.3 is 18.9 Å². The second-order valence-electron chi connectivity index (χ2n) is 4.21. The molecule has 2 aromatic rings. The van der Waals surface area contributed by atoms with Crippen LogP contribution in [-0.4, -0.2) is 48.5 Å². The van der Waals surface area contributed by atoms with E-state index < -0.39 is 0 Å². The number of fused-ring (bicyclic) bond motifs is 1. The van der Waals surface area contributed by atoms with Crippen LogP contribution in [0.15, 0.2) is 18.5 Å². The van der Waals surface area contributed by atoms with E-state index in [0.29, 0.717) is 54.0 Å². The zero-order chi connectivity index (χ0) is 16.5. The Labute approximate surface area is 148 Å². The van der Waals surface area contributed by atoms with Crippen molar-refractivity contribution in [2.24, 2.45) is 0 Å². The minimum absolute atomic E-state index is 0.111. The molecule has 0 radical (unpaired) electrons. The fraction of sp³-hybridized carbons (Fsp3) is 0.429. The summed E-state index contributed by atoms with van der Waals surface area (Å²) in [5.74, 6) is 1.04. The fourth-order valence-corrected chi connectivity index (χ4v) is 2.20. The van der Waals surface area contributed by atoms with Gasteiger partial charge in [-0.05, 0) is 6.07 Å². The van der Waals surface area contributed by atoms with Crippen molar-refractivity contribution >= 4 is 45.7 Å². The summed E-state index contributed by atoms with van der Waals surface area (Å²) in [6.45, 7) is 1.36. The number of alkyl halides is 2. The molecule has 0 aliphatic heterocycles. The molecule has 23 heavy (non-hydrogen) atoms. The Balaban J connectivity index is 2.17. The molecule has 0 amide bonds. The summed E-state index contributed by atoms with van der Waals surface area (Å²) in [4.78, 5) is 8.13. The molecular formula is C14H15Cl3N2O4. The van der Waals surface area contributed by atoms with E-state index in [1.165, 1.54) is 6.33 Å². The average molecular weight is 382 g/mol.